The van der Waals surface area contributed by atoms with Crippen molar-refractivity contribution >= 4 is 11.9 Å². The van der Waals surface area contributed by atoms with E-state index in [0.29, 0.717) is 29.3 Å². The van der Waals surface area contributed by atoms with Crippen LogP contribution in [0.25, 0.3) is 0 Å². The van der Waals surface area contributed by atoms with Gasteiger partial charge in [-0.2, -0.15) is 0 Å². The number of nitrogens with one attached hydrogen (secondary N) is 3. The fraction of sp³-hybridized carbons (Fsp3) is 0.792. The number of aromatic nitrogens is 2. The molecule has 5 rings (SSSR count). The molecular weight excluding hydrogens is 374 g/mol. The first-order valence-electron chi connectivity index (χ1n) is 12.0. The second kappa shape index (κ2) is 7.18. The van der Waals surface area contributed by atoms with Crippen molar-refractivity contribution in [1.29, 1.82) is 0 Å². The highest BCUT2D eigenvalue weighted by Crippen LogP contribution is 2.65. The quantitative estimate of drug-likeness (QED) is 0.668. The zero-order valence-electron chi connectivity index (χ0n) is 18.8. The van der Waals surface area contributed by atoms with Gasteiger partial charge in [0.05, 0.1) is 0 Å². The van der Waals surface area contributed by atoms with Crippen LogP contribution < -0.4 is 16.0 Å². The summed E-state index contributed by atoms with van der Waals surface area (Å²) in [6, 6.07) is 0.894. The van der Waals surface area contributed by atoms with Crippen LogP contribution in [0.5, 0.6) is 0 Å². The Kier molecular flexibility index (Phi) is 4.84. The van der Waals surface area contributed by atoms with E-state index in [4.69, 9.17) is 0 Å². The van der Waals surface area contributed by atoms with E-state index in [-0.39, 0.29) is 5.91 Å². The van der Waals surface area contributed by atoms with E-state index >= 15 is 0 Å². The lowest BCUT2D eigenvalue weighted by Gasteiger charge is -2.39. The number of nitrogens with zero attached hydrogens (tertiary/aromatic N) is 2. The first-order chi connectivity index (χ1) is 14.3. The molecule has 30 heavy (non-hydrogen) atoms. The van der Waals surface area contributed by atoms with Crippen molar-refractivity contribution in [2.75, 3.05) is 11.9 Å². The van der Waals surface area contributed by atoms with Gasteiger partial charge in [-0.25, -0.2) is 9.97 Å². The molecule has 4 atom stereocenters. The lowest BCUT2D eigenvalue weighted by atomic mass is 9.69. The van der Waals surface area contributed by atoms with Gasteiger partial charge in [-0.05, 0) is 60.8 Å². The Balaban J connectivity index is 1.27. The summed E-state index contributed by atoms with van der Waals surface area (Å²) in [6.45, 7) is 8.04. The lowest BCUT2D eigenvalue weighted by molar-refractivity contribution is -0.125. The van der Waals surface area contributed by atoms with Crippen LogP contribution in [0.4, 0.5) is 5.95 Å². The van der Waals surface area contributed by atoms with Gasteiger partial charge >= 0.3 is 0 Å². The molecule has 2 heterocycles. The molecule has 3 unspecified atom stereocenters. The number of fused-ring (bicyclic) bond motifs is 2. The average molecular weight is 412 g/mol. The largest absolute Gasteiger partial charge is 0.354 e. The standard InChI is InChI=1S/C24H37N5O/c1-22(2)17-8-9-23(22,3)19(12-17)28-21-26-14-16(15-27-21)13-24(10-11-25-20(24)30)29-18-6-4-5-7-18/h14-15,17-19,29H,4-13H2,1-3H3,(H,25,30)(H,26,27,28)/t17?,19?,23?,24-/m1/s1. The van der Waals surface area contributed by atoms with Crippen molar-refractivity contribution in [2.45, 2.75) is 96.2 Å². The maximum absolute atomic E-state index is 12.7. The van der Waals surface area contributed by atoms with Crippen molar-refractivity contribution < 1.29 is 4.79 Å². The van der Waals surface area contributed by atoms with Crippen LogP contribution in [0.3, 0.4) is 0 Å². The number of amides is 1. The summed E-state index contributed by atoms with van der Waals surface area (Å²) in [5, 5.41) is 10.4. The summed E-state index contributed by atoms with van der Waals surface area (Å²) in [7, 11) is 0. The highest BCUT2D eigenvalue weighted by atomic mass is 16.2. The van der Waals surface area contributed by atoms with Crippen LogP contribution in [0.2, 0.25) is 0 Å². The second-order valence-electron chi connectivity index (χ2n) is 11.1. The molecule has 3 aliphatic carbocycles. The zero-order chi connectivity index (χ0) is 21.0. The molecule has 6 nitrogen and oxygen atoms in total. The Bertz CT molecular complexity index is 802. The summed E-state index contributed by atoms with van der Waals surface area (Å²) in [5.41, 5.74) is 1.20. The molecule has 3 N–H and O–H groups in total. The van der Waals surface area contributed by atoms with E-state index in [0.717, 1.165) is 30.4 Å². The first-order valence-corrected chi connectivity index (χ1v) is 12.0. The molecule has 1 aromatic heterocycles. The monoisotopic (exact) mass is 411 g/mol. The predicted molar refractivity (Wildman–Crippen MR) is 118 cm³/mol. The molecule has 164 valence electrons. The van der Waals surface area contributed by atoms with Crippen molar-refractivity contribution in [3.8, 4) is 0 Å². The molecule has 2 bridgehead atoms. The first kappa shape index (κ1) is 20.2. The number of rotatable bonds is 6. The molecule has 4 aliphatic rings. The number of hydrogen-bond acceptors (Lipinski definition) is 5. The van der Waals surface area contributed by atoms with Gasteiger partial charge in [-0.1, -0.05) is 33.6 Å². The van der Waals surface area contributed by atoms with Gasteiger partial charge in [0.25, 0.3) is 0 Å². The third kappa shape index (κ3) is 3.14. The molecular formula is C24H37N5O. The summed E-state index contributed by atoms with van der Waals surface area (Å²) < 4.78 is 0. The van der Waals surface area contributed by atoms with E-state index < -0.39 is 5.54 Å². The molecule has 4 fully saturated rings. The Morgan fingerprint density at radius 2 is 1.83 bits per heavy atom. The molecule has 0 aromatic carbocycles. The molecule has 1 aliphatic heterocycles. The van der Waals surface area contributed by atoms with Crippen LogP contribution in [0.15, 0.2) is 12.4 Å². The molecule has 6 heteroatoms. The lowest BCUT2D eigenvalue weighted by Crippen LogP contribution is -2.56. The molecule has 3 saturated carbocycles. The molecule has 1 amide bonds. The van der Waals surface area contributed by atoms with Crippen LogP contribution in [0.1, 0.15) is 77.7 Å². The van der Waals surface area contributed by atoms with Gasteiger partial charge < -0.3 is 16.0 Å². The minimum absolute atomic E-state index is 0.133. The highest BCUT2D eigenvalue weighted by molar-refractivity contribution is 5.88. The topological polar surface area (TPSA) is 78.9 Å². The van der Waals surface area contributed by atoms with Crippen molar-refractivity contribution in [3.63, 3.8) is 0 Å². The van der Waals surface area contributed by atoms with Gasteiger partial charge in [-0.15, -0.1) is 0 Å². The number of carbonyl (C=O) groups excluding carboxylic acids is 1. The Morgan fingerprint density at radius 3 is 2.40 bits per heavy atom. The van der Waals surface area contributed by atoms with Gasteiger partial charge in [0.2, 0.25) is 11.9 Å². The van der Waals surface area contributed by atoms with Gasteiger partial charge in [0.1, 0.15) is 5.54 Å². The maximum Gasteiger partial charge on any atom is 0.240 e. The maximum atomic E-state index is 12.7. The minimum atomic E-state index is -0.505. The van der Waals surface area contributed by atoms with Gasteiger partial charge in [0, 0.05) is 37.4 Å². The molecule has 0 radical (unpaired) electrons. The van der Waals surface area contributed by atoms with Gasteiger partial charge in [-0.3, -0.25) is 4.79 Å². The fourth-order valence-corrected chi connectivity index (χ4v) is 6.94. The summed E-state index contributed by atoms with van der Waals surface area (Å²) in [6.07, 6.45) is 14.0. The van der Waals surface area contributed by atoms with Gasteiger partial charge in [0.15, 0.2) is 0 Å². The van der Waals surface area contributed by atoms with Crippen LogP contribution in [-0.2, 0) is 11.2 Å². The molecule has 1 aromatic rings. The third-order valence-corrected chi connectivity index (χ3v) is 9.42. The van der Waals surface area contributed by atoms with E-state index in [1.54, 1.807) is 0 Å². The Hall–Kier alpha value is -1.69. The summed E-state index contributed by atoms with van der Waals surface area (Å²) in [4.78, 5) is 22.0. The molecule has 0 spiro atoms. The number of anilines is 1. The van der Waals surface area contributed by atoms with E-state index in [1.165, 1.54) is 44.9 Å². The number of hydrogen-bond donors (Lipinski definition) is 3. The van der Waals surface area contributed by atoms with Crippen LogP contribution >= 0.6 is 0 Å². The normalized spacial score (nSPS) is 37.6. The van der Waals surface area contributed by atoms with Crippen LogP contribution in [-0.4, -0.2) is 40.0 Å². The second-order valence-corrected chi connectivity index (χ2v) is 11.1. The van der Waals surface area contributed by atoms with Crippen molar-refractivity contribution in [2.24, 2.45) is 16.7 Å². The van der Waals surface area contributed by atoms with E-state index in [9.17, 15) is 4.79 Å². The number of carbonyl (C=O) groups is 1. The Morgan fingerprint density at radius 1 is 1.10 bits per heavy atom. The van der Waals surface area contributed by atoms with Crippen LogP contribution in [0, 0.1) is 16.7 Å². The predicted octanol–water partition coefficient (Wildman–Crippen LogP) is 3.44. The summed E-state index contributed by atoms with van der Waals surface area (Å²) >= 11 is 0. The van der Waals surface area contributed by atoms with E-state index in [1.807, 2.05) is 12.4 Å². The zero-order valence-corrected chi connectivity index (χ0v) is 18.8. The average Bonchev–Trinajstić information content (AvgIpc) is 3.43. The summed E-state index contributed by atoms with van der Waals surface area (Å²) in [5.74, 6) is 1.65. The highest BCUT2D eigenvalue weighted by Gasteiger charge is 2.61. The SMILES string of the molecule is CC1(C)C2CCC1(C)C(Nc1ncc(C[C@]3(NC4CCCC4)CCNC3=O)cn1)C2. The van der Waals surface area contributed by atoms with E-state index in [2.05, 4.69) is 46.7 Å². The fourth-order valence-electron chi connectivity index (χ4n) is 6.94. The third-order valence-electron chi connectivity index (χ3n) is 9.42. The van der Waals surface area contributed by atoms with Crippen molar-refractivity contribution in [1.82, 2.24) is 20.6 Å². The van der Waals surface area contributed by atoms with Crippen molar-refractivity contribution in [3.05, 3.63) is 18.0 Å². The smallest absolute Gasteiger partial charge is 0.240 e. The molecule has 1 saturated heterocycles. The Labute approximate surface area is 180 Å². The minimum Gasteiger partial charge on any atom is -0.354 e.